The molecule has 36 heavy (non-hydrogen) atoms. The molecule has 0 aliphatic carbocycles. The zero-order valence-corrected chi connectivity index (χ0v) is 20.8. The third-order valence-corrected chi connectivity index (χ3v) is 5.24. The summed E-state index contributed by atoms with van der Waals surface area (Å²) in [6.07, 6.45) is 1.75. The molecule has 0 radical (unpaired) electrons. The zero-order chi connectivity index (χ0) is 25.9. The maximum absolute atomic E-state index is 11.7. The minimum Gasteiger partial charge on any atom is -0.493 e. The predicted octanol–water partition coefficient (Wildman–Crippen LogP) is 3.20. The maximum atomic E-state index is 11.7. The average Bonchev–Trinajstić information content (AvgIpc) is 2.87. The van der Waals surface area contributed by atoms with Gasteiger partial charge in [-0.3, -0.25) is 4.79 Å². The highest BCUT2D eigenvalue weighted by molar-refractivity contribution is 5.66. The summed E-state index contributed by atoms with van der Waals surface area (Å²) in [5.74, 6) is 1.87. The first-order valence-corrected chi connectivity index (χ1v) is 11.9. The molecule has 3 aromatic rings. The molecule has 1 aromatic carbocycles. The largest absolute Gasteiger partial charge is 0.493 e. The Labute approximate surface area is 210 Å². The Bertz CT molecular complexity index is 1200. The van der Waals surface area contributed by atoms with Crippen LogP contribution in [0.2, 0.25) is 0 Å². The Hall–Kier alpha value is -3.87. The first kappa shape index (κ1) is 26.7. The van der Waals surface area contributed by atoms with Gasteiger partial charge in [0.05, 0.1) is 13.2 Å². The summed E-state index contributed by atoms with van der Waals surface area (Å²) >= 11 is 0. The topological polar surface area (TPSA) is 129 Å². The van der Waals surface area contributed by atoms with Crippen molar-refractivity contribution in [1.29, 1.82) is 5.26 Å². The van der Waals surface area contributed by atoms with Crippen molar-refractivity contribution in [3.05, 3.63) is 70.3 Å². The lowest BCUT2D eigenvalue weighted by Crippen LogP contribution is -2.35. The van der Waals surface area contributed by atoms with Crippen molar-refractivity contribution >= 4 is 0 Å². The summed E-state index contributed by atoms with van der Waals surface area (Å²) in [6.45, 7) is 7.45. The van der Waals surface area contributed by atoms with Gasteiger partial charge in [0.2, 0.25) is 5.88 Å². The van der Waals surface area contributed by atoms with Crippen LogP contribution in [0.25, 0.3) is 11.1 Å². The molecule has 0 fully saturated rings. The number of hydrogen-bond donors (Lipinski definition) is 3. The summed E-state index contributed by atoms with van der Waals surface area (Å²) in [5.41, 5.74) is 1.86. The van der Waals surface area contributed by atoms with Gasteiger partial charge in [-0.25, -0.2) is 4.98 Å². The van der Waals surface area contributed by atoms with Crippen molar-refractivity contribution in [2.75, 3.05) is 26.4 Å². The van der Waals surface area contributed by atoms with E-state index in [9.17, 15) is 9.90 Å². The molecule has 0 saturated carbocycles. The van der Waals surface area contributed by atoms with Crippen LogP contribution in [0, 0.1) is 18.3 Å². The molecule has 3 rings (SSSR count). The van der Waals surface area contributed by atoms with E-state index in [1.807, 2.05) is 50.2 Å². The lowest BCUT2D eigenvalue weighted by Gasteiger charge is -2.15. The van der Waals surface area contributed by atoms with E-state index in [2.05, 4.69) is 15.3 Å². The van der Waals surface area contributed by atoms with E-state index in [1.54, 1.807) is 25.3 Å². The van der Waals surface area contributed by atoms with Crippen LogP contribution < -0.4 is 25.1 Å². The highest BCUT2D eigenvalue weighted by atomic mass is 16.5. The van der Waals surface area contributed by atoms with Crippen molar-refractivity contribution in [1.82, 2.24) is 15.3 Å². The number of aliphatic hydroxyl groups excluding tert-OH is 1. The number of rotatable bonds is 13. The van der Waals surface area contributed by atoms with Crippen LogP contribution >= 0.6 is 0 Å². The summed E-state index contributed by atoms with van der Waals surface area (Å²) in [4.78, 5) is 18.7. The van der Waals surface area contributed by atoms with E-state index in [4.69, 9.17) is 19.5 Å². The Kier molecular flexibility index (Phi) is 9.86. The Morgan fingerprint density at radius 2 is 1.78 bits per heavy atom. The number of H-pyrrole nitrogens is 1. The minimum absolute atomic E-state index is 0.0616. The average molecular weight is 493 g/mol. The van der Waals surface area contributed by atoms with Crippen molar-refractivity contribution in [2.45, 2.75) is 39.3 Å². The number of aryl methyl sites for hydroxylation is 1. The molecule has 0 saturated heterocycles. The summed E-state index contributed by atoms with van der Waals surface area (Å²) in [7, 11) is 0. The summed E-state index contributed by atoms with van der Waals surface area (Å²) < 4.78 is 17.0. The quantitative estimate of drug-likeness (QED) is 0.310. The minimum atomic E-state index is -0.571. The van der Waals surface area contributed by atoms with E-state index < -0.39 is 11.7 Å². The molecule has 0 aliphatic rings. The van der Waals surface area contributed by atoms with Crippen molar-refractivity contribution in [2.24, 2.45) is 0 Å². The third-order valence-electron chi connectivity index (χ3n) is 5.24. The van der Waals surface area contributed by atoms with Gasteiger partial charge in [-0.15, -0.1) is 0 Å². The fourth-order valence-corrected chi connectivity index (χ4v) is 3.31. The normalized spacial score (nSPS) is 11.7. The first-order chi connectivity index (χ1) is 17.4. The molecule has 0 amide bonds. The molecule has 1 unspecified atom stereocenters. The molecule has 190 valence electrons. The third kappa shape index (κ3) is 8.12. The molecular weight excluding hydrogens is 460 g/mol. The van der Waals surface area contributed by atoms with Crippen LogP contribution in [-0.2, 0) is 0 Å². The second-order valence-corrected chi connectivity index (χ2v) is 8.60. The SMILES string of the molecule is Cc1[nH]c(=O)c(C#N)cc1-c1ccc(OCCCOc2ccc(OCC(O)CNC(C)C)cc2)nc1. The smallest absolute Gasteiger partial charge is 0.266 e. The van der Waals surface area contributed by atoms with Crippen molar-refractivity contribution in [3.8, 4) is 34.6 Å². The monoisotopic (exact) mass is 492 g/mol. The van der Waals surface area contributed by atoms with Gasteiger partial charge in [0, 0.05) is 48.1 Å². The van der Waals surface area contributed by atoms with Gasteiger partial charge in [0.15, 0.2) is 0 Å². The standard InChI is InChI=1S/C27H32N4O5/c1-18(2)29-16-22(32)17-36-24-8-6-23(7-9-24)34-11-4-12-35-26-10-5-20(15-30-26)25-13-21(14-28)27(33)31-19(25)3/h5-10,13,15,18,22,29,32H,4,11-12,16-17H2,1-3H3,(H,31,33). The molecule has 0 spiro atoms. The van der Waals surface area contributed by atoms with E-state index in [-0.39, 0.29) is 12.2 Å². The van der Waals surface area contributed by atoms with E-state index in [0.29, 0.717) is 49.5 Å². The second-order valence-electron chi connectivity index (χ2n) is 8.60. The van der Waals surface area contributed by atoms with Crippen LogP contribution in [0.1, 0.15) is 31.5 Å². The number of aromatic nitrogens is 2. The number of ether oxygens (including phenoxy) is 3. The predicted molar refractivity (Wildman–Crippen MR) is 136 cm³/mol. The Morgan fingerprint density at radius 3 is 2.42 bits per heavy atom. The highest BCUT2D eigenvalue weighted by Gasteiger charge is 2.09. The van der Waals surface area contributed by atoms with Crippen molar-refractivity contribution < 1.29 is 19.3 Å². The van der Waals surface area contributed by atoms with Crippen LogP contribution in [0.15, 0.2) is 53.5 Å². The van der Waals surface area contributed by atoms with Crippen LogP contribution in [-0.4, -0.2) is 53.6 Å². The van der Waals surface area contributed by atoms with E-state index in [1.165, 1.54) is 0 Å². The van der Waals surface area contributed by atoms with Gasteiger partial charge < -0.3 is 29.6 Å². The molecule has 0 aliphatic heterocycles. The van der Waals surface area contributed by atoms with E-state index in [0.717, 1.165) is 16.9 Å². The number of pyridine rings is 2. The Balaban J connectivity index is 1.38. The molecule has 1 atom stereocenters. The maximum Gasteiger partial charge on any atom is 0.266 e. The number of hydrogen-bond acceptors (Lipinski definition) is 8. The van der Waals surface area contributed by atoms with Crippen molar-refractivity contribution in [3.63, 3.8) is 0 Å². The molecule has 2 heterocycles. The number of benzene rings is 1. The molecular formula is C27H32N4O5. The molecule has 0 bridgehead atoms. The van der Waals surface area contributed by atoms with Crippen LogP contribution in [0.4, 0.5) is 0 Å². The van der Waals surface area contributed by atoms with Gasteiger partial charge in [-0.05, 0) is 43.3 Å². The summed E-state index contributed by atoms with van der Waals surface area (Å²) in [5, 5.41) is 22.2. The number of nitriles is 1. The first-order valence-electron chi connectivity index (χ1n) is 11.9. The van der Waals surface area contributed by atoms with Gasteiger partial charge in [0.1, 0.15) is 35.8 Å². The number of nitrogens with one attached hydrogen (secondary N) is 2. The highest BCUT2D eigenvalue weighted by Crippen LogP contribution is 2.23. The lowest BCUT2D eigenvalue weighted by molar-refractivity contribution is 0.104. The number of nitrogens with zero attached hydrogens (tertiary/aromatic N) is 2. The zero-order valence-electron chi connectivity index (χ0n) is 20.8. The van der Waals surface area contributed by atoms with Gasteiger partial charge >= 0.3 is 0 Å². The van der Waals surface area contributed by atoms with E-state index >= 15 is 0 Å². The van der Waals surface area contributed by atoms with Gasteiger partial charge in [-0.2, -0.15) is 5.26 Å². The molecule has 3 N–H and O–H groups in total. The van der Waals surface area contributed by atoms with Crippen LogP contribution in [0.3, 0.4) is 0 Å². The van der Waals surface area contributed by atoms with Crippen LogP contribution in [0.5, 0.6) is 17.4 Å². The lowest BCUT2D eigenvalue weighted by atomic mass is 10.0. The fraction of sp³-hybridized carbons (Fsp3) is 0.370. The second kappa shape index (κ2) is 13.3. The Morgan fingerprint density at radius 1 is 1.08 bits per heavy atom. The number of aliphatic hydroxyl groups is 1. The fourth-order valence-electron chi connectivity index (χ4n) is 3.31. The molecule has 9 heteroatoms. The van der Waals surface area contributed by atoms with Gasteiger partial charge in [-0.1, -0.05) is 13.8 Å². The summed E-state index contributed by atoms with van der Waals surface area (Å²) in [6, 6.07) is 14.6. The molecule has 2 aromatic heterocycles. The number of aromatic amines is 1. The molecule has 9 nitrogen and oxygen atoms in total. The van der Waals surface area contributed by atoms with Gasteiger partial charge in [0.25, 0.3) is 5.56 Å².